The van der Waals surface area contributed by atoms with Crippen LogP contribution < -0.4 is 0 Å². The zero-order chi connectivity index (χ0) is 14.8. The second-order valence-electron chi connectivity index (χ2n) is 4.87. The van der Waals surface area contributed by atoms with Crippen LogP contribution in [-0.2, 0) is 6.42 Å². The third-order valence-electron chi connectivity index (χ3n) is 3.35. The Balaban J connectivity index is 2.15. The van der Waals surface area contributed by atoms with Crippen molar-refractivity contribution in [3.63, 3.8) is 0 Å². The summed E-state index contributed by atoms with van der Waals surface area (Å²) in [6, 6.07) is 11.8. The summed E-state index contributed by atoms with van der Waals surface area (Å²) in [5.74, 6) is 0.995. The molecule has 0 atom stereocenters. The van der Waals surface area contributed by atoms with Crippen molar-refractivity contribution in [1.82, 2.24) is 9.55 Å². The maximum Gasteiger partial charge on any atom is 0.169 e. The van der Waals surface area contributed by atoms with Crippen molar-refractivity contribution in [3.05, 3.63) is 47.1 Å². The molecule has 0 saturated heterocycles. The Bertz CT molecular complexity index is 789. The minimum Gasteiger partial charge on any atom is -0.396 e. The van der Waals surface area contributed by atoms with Gasteiger partial charge < -0.3 is 5.11 Å². The van der Waals surface area contributed by atoms with Crippen LogP contribution in [0.5, 0.6) is 0 Å². The summed E-state index contributed by atoms with van der Waals surface area (Å²) in [6.07, 6.45) is 1.38. The Morgan fingerprint density at radius 1 is 1.29 bits per heavy atom. The second kappa shape index (κ2) is 5.79. The highest BCUT2D eigenvalue weighted by molar-refractivity contribution is 7.16. The molecule has 0 radical (unpaired) electrons. The molecule has 0 aliphatic heterocycles. The topological polar surface area (TPSA) is 55.1 Å². The lowest BCUT2D eigenvalue weighted by Gasteiger charge is -2.05. The molecular formula is C16H16N2O2S. The van der Waals surface area contributed by atoms with Gasteiger partial charge in [0, 0.05) is 13.0 Å². The molecule has 1 N–H and O–H groups in total. The molecule has 108 valence electrons. The quantitative estimate of drug-likeness (QED) is 0.736. The van der Waals surface area contributed by atoms with Gasteiger partial charge in [0.2, 0.25) is 0 Å². The normalized spacial score (nSPS) is 11.1. The number of thiophene rings is 1. The molecule has 21 heavy (non-hydrogen) atoms. The fourth-order valence-corrected chi connectivity index (χ4v) is 3.30. The molecule has 0 spiro atoms. The molecule has 0 bridgehead atoms. The van der Waals surface area contributed by atoms with Gasteiger partial charge in [-0.05, 0) is 37.6 Å². The Labute approximate surface area is 126 Å². The molecule has 5 heteroatoms. The van der Waals surface area contributed by atoms with E-state index in [2.05, 4.69) is 9.55 Å². The molecule has 3 aromatic rings. The number of ketones is 1. The largest absolute Gasteiger partial charge is 0.396 e. The maximum atomic E-state index is 11.5. The first kappa shape index (κ1) is 14.0. The van der Waals surface area contributed by atoms with E-state index in [0.717, 1.165) is 26.7 Å². The van der Waals surface area contributed by atoms with Crippen LogP contribution in [0.25, 0.3) is 16.0 Å². The van der Waals surface area contributed by atoms with E-state index < -0.39 is 0 Å². The van der Waals surface area contributed by atoms with Gasteiger partial charge in [-0.25, -0.2) is 4.98 Å². The van der Waals surface area contributed by atoms with Gasteiger partial charge in [0.05, 0.1) is 15.9 Å². The summed E-state index contributed by atoms with van der Waals surface area (Å²) >= 11 is 1.47. The number of imidazole rings is 1. The summed E-state index contributed by atoms with van der Waals surface area (Å²) in [5.41, 5.74) is 1.96. The fraction of sp³-hybridized carbons (Fsp3) is 0.250. The van der Waals surface area contributed by atoms with Gasteiger partial charge in [0.1, 0.15) is 10.8 Å². The Kier molecular flexibility index (Phi) is 3.86. The van der Waals surface area contributed by atoms with Gasteiger partial charge in [-0.1, -0.05) is 12.1 Å². The number of para-hydroxylation sites is 2. The smallest absolute Gasteiger partial charge is 0.169 e. The number of nitrogens with zero attached hydrogens (tertiary/aromatic N) is 2. The molecule has 1 aromatic carbocycles. The van der Waals surface area contributed by atoms with Crippen molar-refractivity contribution >= 4 is 28.2 Å². The maximum absolute atomic E-state index is 11.5. The monoisotopic (exact) mass is 300 g/mol. The molecule has 0 saturated carbocycles. The van der Waals surface area contributed by atoms with Gasteiger partial charge in [0.25, 0.3) is 0 Å². The van der Waals surface area contributed by atoms with Crippen LogP contribution in [0.15, 0.2) is 36.4 Å². The average molecular weight is 300 g/mol. The number of aromatic nitrogens is 2. The van der Waals surface area contributed by atoms with E-state index in [-0.39, 0.29) is 12.4 Å². The van der Waals surface area contributed by atoms with E-state index in [9.17, 15) is 4.79 Å². The SMILES string of the molecule is CC(=O)c1ccc(-n2c(CCCO)nc3ccccc32)s1. The zero-order valence-corrected chi connectivity index (χ0v) is 12.6. The van der Waals surface area contributed by atoms with Gasteiger partial charge >= 0.3 is 0 Å². The van der Waals surface area contributed by atoms with Gasteiger partial charge in [-0.15, -0.1) is 11.3 Å². The van der Waals surface area contributed by atoms with Gasteiger partial charge in [-0.3, -0.25) is 9.36 Å². The minimum atomic E-state index is 0.0765. The van der Waals surface area contributed by atoms with E-state index in [1.165, 1.54) is 11.3 Å². The van der Waals surface area contributed by atoms with Crippen LogP contribution in [0.4, 0.5) is 0 Å². The predicted octanol–water partition coefficient (Wildman–Crippen LogP) is 3.21. The molecule has 0 aliphatic carbocycles. The van der Waals surface area contributed by atoms with E-state index in [4.69, 9.17) is 5.11 Å². The number of hydrogen-bond donors (Lipinski definition) is 1. The Morgan fingerprint density at radius 2 is 2.10 bits per heavy atom. The van der Waals surface area contributed by atoms with Crippen LogP contribution in [0.3, 0.4) is 0 Å². The first-order valence-corrected chi connectivity index (χ1v) is 7.70. The average Bonchev–Trinajstić information content (AvgIpc) is 3.08. The summed E-state index contributed by atoms with van der Waals surface area (Å²) in [6.45, 7) is 1.72. The van der Waals surface area contributed by atoms with E-state index >= 15 is 0 Å². The highest BCUT2D eigenvalue weighted by Gasteiger charge is 2.14. The summed E-state index contributed by atoms with van der Waals surface area (Å²) in [4.78, 5) is 16.9. The fourth-order valence-electron chi connectivity index (χ4n) is 2.36. The number of fused-ring (bicyclic) bond motifs is 1. The molecule has 2 aromatic heterocycles. The van der Waals surface area contributed by atoms with Crippen molar-refractivity contribution in [1.29, 1.82) is 0 Å². The second-order valence-corrected chi connectivity index (χ2v) is 5.94. The third kappa shape index (κ3) is 2.62. The third-order valence-corrected chi connectivity index (χ3v) is 4.52. The molecule has 4 nitrogen and oxygen atoms in total. The standard InChI is InChI=1S/C16H16N2O2S/c1-11(20)14-8-9-16(21-14)18-13-6-3-2-5-12(13)17-15(18)7-4-10-19/h2-3,5-6,8-9,19H,4,7,10H2,1H3. The summed E-state index contributed by atoms with van der Waals surface area (Å²) in [5, 5.41) is 10.0. The van der Waals surface area contributed by atoms with Crippen molar-refractivity contribution in [3.8, 4) is 5.00 Å². The number of aliphatic hydroxyl groups is 1. The van der Waals surface area contributed by atoms with Gasteiger partial charge in [-0.2, -0.15) is 0 Å². The number of Topliss-reactive ketones (excluding diaryl/α,β-unsaturated/α-hetero) is 1. The molecule has 2 heterocycles. The number of hydrogen-bond acceptors (Lipinski definition) is 4. The highest BCUT2D eigenvalue weighted by Crippen LogP contribution is 2.28. The number of carbonyl (C=O) groups excluding carboxylic acids is 1. The molecule has 0 aliphatic rings. The molecule has 0 fully saturated rings. The lowest BCUT2D eigenvalue weighted by atomic mass is 10.3. The summed E-state index contributed by atoms with van der Waals surface area (Å²) in [7, 11) is 0. The number of aryl methyl sites for hydroxylation is 1. The minimum absolute atomic E-state index is 0.0765. The Hall–Kier alpha value is -1.98. The van der Waals surface area contributed by atoms with Crippen LogP contribution in [0, 0.1) is 0 Å². The van der Waals surface area contributed by atoms with Crippen LogP contribution in [-0.4, -0.2) is 27.0 Å². The number of benzene rings is 1. The predicted molar refractivity (Wildman–Crippen MR) is 84.4 cm³/mol. The zero-order valence-electron chi connectivity index (χ0n) is 11.7. The Morgan fingerprint density at radius 3 is 2.81 bits per heavy atom. The highest BCUT2D eigenvalue weighted by atomic mass is 32.1. The van der Waals surface area contributed by atoms with Crippen molar-refractivity contribution < 1.29 is 9.90 Å². The number of rotatable bonds is 5. The van der Waals surface area contributed by atoms with Crippen LogP contribution in [0.2, 0.25) is 0 Å². The van der Waals surface area contributed by atoms with Crippen molar-refractivity contribution in [2.24, 2.45) is 0 Å². The number of carbonyl (C=O) groups is 1. The first-order chi connectivity index (χ1) is 10.2. The lowest BCUT2D eigenvalue weighted by Crippen LogP contribution is -2.01. The van der Waals surface area contributed by atoms with Crippen LogP contribution >= 0.6 is 11.3 Å². The van der Waals surface area contributed by atoms with E-state index in [1.54, 1.807) is 6.92 Å². The molecule has 3 rings (SSSR count). The van der Waals surface area contributed by atoms with Gasteiger partial charge in [0.15, 0.2) is 5.78 Å². The lowest BCUT2D eigenvalue weighted by molar-refractivity contribution is 0.102. The first-order valence-electron chi connectivity index (χ1n) is 6.89. The van der Waals surface area contributed by atoms with Crippen molar-refractivity contribution in [2.45, 2.75) is 19.8 Å². The number of aliphatic hydroxyl groups excluding tert-OH is 1. The summed E-state index contributed by atoms with van der Waals surface area (Å²) < 4.78 is 2.09. The molecule has 0 unspecified atom stereocenters. The molecular weight excluding hydrogens is 284 g/mol. The van der Waals surface area contributed by atoms with E-state index in [1.807, 2.05) is 36.4 Å². The van der Waals surface area contributed by atoms with Crippen molar-refractivity contribution in [2.75, 3.05) is 6.61 Å². The van der Waals surface area contributed by atoms with Crippen LogP contribution in [0.1, 0.15) is 28.8 Å². The molecule has 0 amide bonds. The van der Waals surface area contributed by atoms with E-state index in [0.29, 0.717) is 12.8 Å².